The Bertz CT molecular complexity index is 1800. The molecule has 1 saturated heterocycles. The average molecular weight is 1010 g/mol. The van der Waals surface area contributed by atoms with Crippen LogP contribution in [0.5, 0.6) is 0 Å². The molecule has 6 N–H and O–H groups in total. The van der Waals surface area contributed by atoms with Crippen LogP contribution in [0.2, 0.25) is 0 Å². The lowest BCUT2D eigenvalue weighted by Crippen LogP contribution is -2.61. The molecule has 5 fully saturated rings. The van der Waals surface area contributed by atoms with Crippen molar-refractivity contribution in [3.05, 3.63) is 0 Å². The fourth-order valence-corrected chi connectivity index (χ4v) is 11.5. The summed E-state index contributed by atoms with van der Waals surface area (Å²) < 4.78 is 5.97. The predicted molar refractivity (Wildman–Crippen MR) is 272 cm³/mol. The largest absolute Gasteiger partial charge is 0.370 e. The molecule has 72 heavy (non-hydrogen) atoms. The van der Waals surface area contributed by atoms with Gasteiger partial charge in [0.25, 0.3) is 11.8 Å². The van der Waals surface area contributed by atoms with Crippen molar-refractivity contribution in [2.24, 2.45) is 35.0 Å². The Hall–Kier alpha value is -4.61. The van der Waals surface area contributed by atoms with E-state index in [1.54, 1.807) is 34.6 Å². The van der Waals surface area contributed by atoms with Crippen molar-refractivity contribution in [1.29, 1.82) is 0 Å². The molecule has 5 aliphatic rings. The van der Waals surface area contributed by atoms with Crippen LogP contribution >= 0.6 is 0 Å². The van der Waals surface area contributed by atoms with Gasteiger partial charge in [-0.1, -0.05) is 59.8 Å². The lowest BCUT2D eigenvalue weighted by atomic mass is 9.49. The standard InChI is InChI=1S/C54H91N7O11/c1-9-35(3)47(50(68)59-48(36(4)10-2)51(69)60-49(37(5)71-53(6,7)8)52(70)72-61-45(66)23-24-46(61)67)58-43(64)22-16-13-18-26-56-41(62)20-14-11-17-25-55-42(63)21-15-12-19-27-57-44(65)34-54-31-38-28-39(32-54)30-40(29-38)33-54/h35-40,47-49H,9-34H2,1-8H3,(H,55,63)(H,56,62)(H,57,65)(H,58,64)(H,59,68)(H,60,69)/t35-,36-,37+,38?,39?,40?,47-,48-,49-,54?/m0/s1. The minimum absolute atomic E-state index is 0.0363. The number of carbonyl (C=O) groups excluding carboxylic acids is 9. The number of hydroxylamine groups is 2. The minimum atomic E-state index is -1.45. The van der Waals surface area contributed by atoms with Crippen LogP contribution in [-0.4, -0.2) is 108 Å². The van der Waals surface area contributed by atoms with Crippen LogP contribution in [0.1, 0.15) is 203 Å². The highest BCUT2D eigenvalue weighted by Gasteiger charge is 2.51. The van der Waals surface area contributed by atoms with E-state index in [9.17, 15) is 43.2 Å². The topological polar surface area (TPSA) is 248 Å². The molecule has 8 amide bonds. The summed E-state index contributed by atoms with van der Waals surface area (Å²) in [5.41, 5.74) is -0.481. The van der Waals surface area contributed by atoms with E-state index in [0.717, 1.165) is 56.3 Å². The lowest BCUT2D eigenvalue weighted by molar-refractivity contribution is -0.202. The highest BCUT2D eigenvalue weighted by Crippen LogP contribution is 2.61. The SMILES string of the molecule is CC[C@H](C)[C@H](NC(=O)CCCCCNC(=O)CCCCCNC(=O)CCCCCNC(=O)CC12CC3CC(CC(C3)C1)C2)C(=O)N[C@H](C(=O)N[C@H](C(=O)ON1C(=O)CCC1=O)[C@@H](C)OC(C)(C)C)[C@@H](C)CC. The van der Waals surface area contributed by atoms with Crippen molar-refractivity contribution in [3.8, 4) is 0 Å². The Morgan fingerprint density at radius 1 is 0.569 bits per heavy atom. The van der Waals surface area contributed by atoms with Crippen molar-refractivity contribution in [2.75, 3.05) is 19.6 Å². The molecule has 0 radical (unpaired) electrons. The molecular weight excluding hydrogens is 923 g/mol. The molecule has 18 nitrogen and oxygen atoms in total. The minimum Gasteiger partial charge on any atom is -0.370 e. The number of nitrogens with zero attached hydrogens (tertiary/aromatic N) is 1. The average Bonchev–Trinajstić information content (AvgIpc) is 3.62. The molecule has 1 aliphatic heterocycles. The zero-order valence-corrected chi connectivity index (χ0v) is 45.0. The Morgan fingerprint density at radius 3 is 1.40 bits per heavy atom. The summed E-state index contributed by atoms with van der Waals surface area (Å²) >= 11 is 0. The maximum Gasteiger partial charge on any atom is 0.357 e. The number of nitrogens with one attached hydrogen (secondary N) is 6. The van der Waals surface area contributed by atoms with Crippen molar-refractivity contribution in [3.63, 3.8) is 0 Å². The summed E-state index contributed by atoms with van der Waals surface area (Å²) in [4.78, 5) is 121. The molecule has 0 spiro atoms. The number of unbranched alkanes of at least 4 members (excludes halogenated alkanes) is 6. The fourth-order valence-electron chi connectivity index (χ4n) is 11.5. The molecular formula is C54H91N7O11. The highest BCUT2D eigenvalue weighted by atomic mass is 16.7. The Labute approximate surface area is 429 Å². The van der Waals surface area contributed by atoms with Gasteiger partial charge in [0.1, 0.15) is 12.1 Å². The van der Waals surface area contributed by atoms with E-state index >= 15 is 0 Å². The maximum atomic E-state index is 13.9. The Kier molecular flexibility index (Phi) is 24.4. The van der Waals surface area contributed by atoms with Gasteiger partial charge in [-0.2, -0.15) is 0 Å². The van der Waals surface area contributed by atoms with Gasteiger partial charge in [-0.25, -0.2) is 4.79 Å². The van der Waals surface area contributed by atoms with Crippen LogP contribution in [0.4, 0.5) is 0 Å². The molecule has 6 atom stereocenters. The number of imide groups is 1. The van der Waals surface area contributed by atoms with Gasteiger partial charge >= 0.3 is 5.97 Å². The van der Waals surface area contributed by atoms with Gasteiger partial charge in [0.05, 0.1) is 11.7 Å². The van der Waals surface area contributed by atoms with E-state index < -0.39 is 65.3 Å². The maximum absolute atomic E-state index is 13.9. The summed E-state index contributed by atoms with van der Waals surface area (Å²) in [5.74, 6) is -1.93. The monoisotopic (exact) mass is 1010 g/mol. The third-order valence-electron chi connectivity index (χ3n) is 15.3. The van der Waals surface area contributed by atoms with Crippen molar-refractivity contribution in [2.45, 2.75) is 233 Å². The van der Waals surface area contributed by atoms with Gasteiger partial charge in [0.2, 0.25) is 35.4 Å². The van der Waals surface area contributed by atoms with Gasteiger partial charge in [-0.05, 0) is 140 Å². The lowest BCUT2D eigenvalue weighted by Gasteiger charge is -2.56. The van der Waals surface area contributed by atoms with E-state index in [-0.39, 0.29) is 54.2 Å². The molecule has 0 aromatic rings. The second kappa shape index (κ2) is 29.3. The molecule has 0 unspecified atom stereocenters. The van der Waals surface area contributed by atoms with Crippen LogP contribution in [0.3, 0.4) is 0 Å². The number of hydrogen-bond acceptors (Lipinski definition) is 11. The normalized spacial score (nSPS) is 22.8. The number of carbonyl (C=O) groups is 9. The number of ether oxygens (including phenoxy) is 1. The predicted octanol–water partition coefficient (Wildman–Crippen LogP) is 5.98. The molecule has 4 bridgehead atoms. The molecule has 4 saturated carbocycles. The van der Waals surface area contributed by atoms with Gasteiger partial charge in [0, 0.05) is 58.2 Å². The molecule has 5 rings (SSSR count). The first-order valence-corrected chi connectivity index (χ1v) is 27.6. The van der Waals surface area contributed by atoms with Crippen molar-refractivity contribution >= 4 is 53.2 Å². The smallest absolute Gasteiger partial charge is 0.357 e. The van der Waals surface area contributed by atoms with E-state index in [1.807, 2.05) is 20.8 Å². The van der Waals surface area contributed by atoms with Gasteiger partial charge in [-0.15, -0.1) is 5.06 Å². The summed E-state index contributed by atoms with van der Waals surface area (Å²) in [6.07, 6.45) is 16.3. The second-order valence-corrected chi connectivity index (χ2v) is 22.8. The van der Waals surface area contributed by atoms with Crippen LogP contribution < -0.4 is 31.9 Å². The third-order valence-corrected chi connectivity index (χ3v) is 15.3. The summed E-state index contributed by atoms with van der Waals surface area (Å²) in [7, 11) is 0. The highest BCUT2D eigenvalue weighted by molar-refractivity contribution is 6.02. The van der Waals surface area contributed by atoms with Crippen LogP contribution in [0.25, 0.3) is 0 Å². The number of rotatable bonds is 33. The second-order valence-electron chi connectivity index (χ2n) is 22.8. The fraction of sp³-hybridized carbons (Fsp3) is 0.833. The van der Waals surface area contributed by atoms with Gasteiger partial charge in [-0.3, -0.25) is 38.4 Å². The number of hydrogen-bond donors (Lipinski definition) is 6. The summed E-state index contributed by atoms with van der Waals surface area (Å²) in [6, 6.07) is -3.52. The van der Waals surface area contributed by atoms with Crippen LogP contribution in [0.15, 0.2) is 0 Å². The summed E-state index contributed by atoms with van der Waals surface area (Å²) in [6.45, 7) is 15.9. The first-order chi connectivity index (χ1) is 34.1. The molecule has 0 aromatic carbocycles. The first-order valence-electron chi connectivity index (χ1n) is 27.6. The molecule has 408 valence electrons. The molecule has 18 heteroatoms. The molecule has 1 heterocycles. The summed E-state index contributed by atoms with van der Waals surface area (Å²) in [5, 5.41) is 17.8. The van der Waals surface area contributed by atoms with Crippen LogP contribution in [-0.2, 0) is 52.7 Å². The Balaban J connectivity index is 1.05. The first kappa shape index (κ1) is 59.9. The zero-order chi connectivity index (χ0) is 53.0. The van der Waals surface area contributed by atoms with Crippen LogP contribution in [0, 0.1) is 35.0 Å². The third kappa shape index (κ3) is 20.0. The van der Waals surface area contributed by atoms with E-state index in [4.69, 9.17) is 9.57 Å². The van der Waals surface area contributed by atoms with Crippen molar-refractivity contribution in [1.82, 2.24) is 37.0 Å². The Morgan fingerprint density at radius 2 is 0.972 bits per heavy atom. The van der Waals surface area contributed by atoms with Gasteiger partial charge in [0.15, 0.2) is 6.04 Å². The van der Waals surface area contributed by atoms with Gasteiger partial charge < -0.3 is 41.5 Å². The zero-order valence-electron chi connectivity index (χ0n) is 45.0. The molecule has 4 aliphatic carbocycles. The number of amides is 8. The molecule has 0 aromatic heterocycles. The van der Waals surface area contributed by atoms with E-state index in [1.165, 1.54) is 38.5 Å². The quantitative estimate of drug-likeness (QED) is 0.0330. The van der Waals surface area contributed by atoms with Crippen molar-refractivity contribution < 1.29 is 52.7 Å². The van der Waals surface area contributed by atoms with E-state index in [2.05, 4.69) is 31.9 Å². The van der Waals surface area contributed by atoms with E-state index in [0.29, 0.717) is 76.1 Å².